The summed E-state index contributed by atoms with van der Waals surface area (Å²) in [7, 11) is 0. The van der Waals surface area contributed by atoms with Crippen LogP contribution in [0.25, 0.3) is 0 Å². The van der Waals surface area contributed by atoms with Gasteiger partial charge in [0.25, 0.3) is 0 Å². The number of aromatic nitrogens is 4. The molecule has 2 heterocycles. The lowest BCUT2D eigenvalue weighted by molar-refractivity contribution is 0.529. The fourth-order valence-electron chi connectivity index (χ4n) is 1.55. The van der Waals surface area contributed by atoms with Crippen LogP contribution in [-0.4, -0.2) is 19.7 Å². The van der Waals surface area contributed by atoms with Gasteiger partial charge in [-0.15, -0.1) is 0 Å². The second-order valence-corrected chi connectivity index (χ2v) is 4.78. The average molecular weight is 266 g/mol. The van der Waals surface area contributed by atoms with Gasteiger partial charge in [0.1, 0.15) is 11.0 Å². The highest BCUT2D eigenvalue weighted by Gasteiger charge is 2.07. The Morgan fingerprint density at radius 3 is 2.67 bits per heavy atom. The maximum atomic E-state index is 5.68. The number of nitrogens with zero attached hydrogens (tertiary/aromatic N) is 4. The molecule has 0 fully saturated rings. The van der Waals surface area contributed by atoms with Gasteiger partial charge >= 0.3 is 0 Å². The summed E-state index contributed by atoms with van der Waals surface area (Å²) in [6.07, 6.45) is 5.19. The number of hydrogen-bond acceptors (Lipinski definition) is 4. The molecular weight excluding hydrogens is 250 g/mol. The normalized spacial score (nSPS) is 10.9. The molecule has 18 heavy (non-hydrogen) atoms. The van der Waals surface area contributed by atoms with Gasteiger partial charge in [0.2, 0.25) is 0 Å². The van der Waals surface area contributed by atoms with E-state index in [9.17, 15) is 0 Å². The number of nitrogens with one attached hydrogen (secondary N) is 1. The molecule has 0 unspecified atom stereocenters. The minimum Gasteiger partial charge on any atom is -0.365 e. The first-order chi connectivity index (χ1) is 8.56. The average Bonchev–Trinajstić information content (AvgIpc) is 2.70. The second-order valence-electron chi connectivity index (χ2n) is 4.39. The van der Waals surface area contributed by atoms with Gasteiger partial charge in [0.05, 0.1) is 18.1 Å². The first-order valence-corrected chi connectivity index (χ1v) is 6.20. The van der Waals surface area contributed by atoms with Gasteiger partial charge in [-0.05, 0) is 20.8 Å². The third-order valence-electron chi connectivity index (χ3n) is 2.63. The highest BCUT2D eigenvalue weighted by Crippen LogP contribution is 2.12. The molecule has 1 N–H and O–H groups in total. The van der Waals surface area contributed by atoms with E-state index >= 15 is 0 Å². The summed E-state index contributed by atoms with van der Waals surface area (Å²) >= 11 is 5.68. The van der Waals surface area contributed by atoms with Gasteiger partial charge in [-0.2, -0.15) is 5.10 Å². The minimum absolute atomic E-state index is 0.368. The number of aryl methyl sites for hydroxylation is 1. The Morgan fingerprint density at radius 1 is 1.33 bits per heavy atom. The zero-order valence-corrected chi connectivity index (χ0v) is 11.4. The molecule has 96 valence electrons. The molecule has 0 aliphatic rings. The molecular formula is C12H16ClN5. The predicted octanol–water partition coefficient (Wildman–Crippen LogP) is 2.83. The van der Waals surface area contributed by atoms with Crippen LogP contribution in [0.1, 0.15) is 31.1 Å². The van der Waals surface area contributed by atoms with Crippen LogP contribution in [-0.2, 0) is 6.54 Å². The Labute approximate surface area is 111 Å². The van der Waals surface area contributed by atoms with Gasteiger partial charge in [-0.1, -0.05) is 11.6 Å². The molecule has 0 spiro atoms. The van der Waals surface area contributed by atoms with E-state index in [1.807, 2.05) is 11.6 Å². The van der Waals surface area contributed by atoms with Gasteiger partial charge in [-0.3, -0.25) is 4.68 Å². The Bertz CT molecular complexity index is 518. The van der Waals surface area contributed by atoms with E-state index in [-0.39, 0.29) is 0 Å². The Hall–Kier alpha value is -1.62. The third-order valence-corrected chi connectivity index (χ3v) is 2.82. The summed E-state index contributed by atoms with van der Waals surface area (Å²) in [5, 5.41) is 8.04. The van der Waals surface area contributed by atoms with Crippen molar-refractivity contribution in [2.45, 2.75) is 33.4 Å². The van der Waals surface area contributed by atoms with Gasteiger partial charge in [0.15, 0.2) is 0 Å². The number of hydrogen-bond donors (Lipinski definition) is 1. The number of halogens is 1. The van der Waals surface area contributed by atoms with Crippen molar-refractivity contribution in [3.05, 3.63) is 35.0 Å². The van der Waals surface area contributed by atoms with Crippen LogP contribution in [0.2, 0.25) is 5.15 Å². The molecule has 0 bridgehead atoms. The van der Waals surface area contributed by atoms with E-state index in [1.54, 1.807) is 6.20 Å². The van der Waals surface area contributed by atoms with E-state index in [2.05, 4.69) is 40.4 Å². The van der Waals surface area contributed by atoms with Gasteiger partial charge in [0, 0.05) is 24.3 Å². The molecule has 0 atom stereocenters. The lowest BCUT2D eigenvalue weighted by Gasteiger charge is -2.04. The Balaban J connectivity index is 2.03. The highest BCUT2D eigenvalue weighted by molar-refractivity contribution is 6.29. The zero-order chi connectivity index (χ0) is 13.1. The molecule has 0 aromatic carbocycles. The Morgan fingerprint density at radius 2 is 2.11 bits per heavy atom. The standard InChI is InChI=1S/C12H16ClN5/c1-8(2)18-7-10(9(3)17-18)4-15-12-6-14-11(13)5-16-12/h5-8H,4H2,1-3H3,(H,15,16). The van der Waals surface area contributed by atoms with Gasteiger partial charge < -0.3 is 5.32 Å². The van der Waals surface area contributed by atoms with E-state index in [0.29, 0.717) is 23.6 Å². The summed E-state index contributed by atoms with van der Waals surface area (Å²) in [6, 6.07) is 0.368. The van der Waals surface area contributed by atoms with Crippen molar-refractivity contribution >= 4 is 17.4 Å². The van der Waals surface area contributed by atoms with Crippen LogP contribution in [0.3, 0.4) is 0 Å². The van der Waals surface area contributed by atoms with Crippen LogP contribution in [0.15, 0.2) is 18.6 Å². The molecule has 0 saturated heterocycles. The van der Waals surface area contributed by atoms with Gasteiger partial charge in [-0.25, -0.2) is 9.97 Å². The van der Waals surface area contributed by atoms with Crippen molar-refractivity contribution in [3.63, 3.8) is 0 Å². The fraction of sp³-hybridized carbons (Fsp3) is 0.417. The van der Waals surface area contributed by atoms with Crippen molar-refractivity contribution in [2.75, 3.05) is 5.32 Å². The van der Waals surface area contributed by atoms with Crippen molar-refractivity contribution in [2.24, 2.45) is 0 Å². The maximum absolute atomic E-state index is 5.68. The maximum Gasteiger partial charge on any atom is 0.147 e. The van der Waals surface area contributed by atoms with Crippen LogP contribution >= 0.6 is 11.6 Å². The monoisotopic (exact) mass is 265 g/mol. The number of anilines is 1. The predicted molar refractivity (Wildman–Crippen MR) is 71.7 cm³/mol. The molecule has 0 saturated carbocycles. The lowest BCUT2D eigenvalue weighted by atomic mass is 10.2. The summed E-state index contributed by atoms with van der Waals surface area (Å²) in [4.78, 5) is 8.10. The fourth-order valence-corrected chi connectivity index (χ4v) is 1.64. The topological polar surface area (TPSA) is 55.6 Å². The summed E-state index contributed by atoms with van der Waals surface area (Å²) < 4.78 is 1.96. The van der Waals surface area contributed by atoms with Crippen molar-refractivity contribution in [3.8, 4) is 0 Å². The molecule has 0 radical (unpaired) electrons. The van der Waals surface area contributed by atoms with E-state index in [4.69, 9.17) is 11.6 Å². The minimum atomic E-state index is 0.368. The molecule has 2 aromatic rings. The smallest absolute Gasteiger partial charge is 0.147 e. The third kappa shape index (κ3) is 2.98. The quantitative estimate of drug-likeness (QED) is 0.924. The molecule has 0 aliphatic carbocycles. The molecule has 2 rings (SSSR count). The molecule has 0 amide bonds. The molecule has 5 nitrogen and oxygen atoms in total. The second kappa shape index (κ2) is 5.35. The summed E-state index contributed by atoms with van der Waals surface area (Å²) in [5.74, 6) is 0.705. The zero-order valence-electron chi connectivity index (χ0n) is 10.7. The summed E-state index contributed by atoms with van der Waals surface area (Å²) in [5.41, 5.74) is 2.18. The van der Waals surface area contributed by atoms with Crippen LogP contribution in [0.5, 0.6) is 0 Å². The van der Waals surface area contributed by atoms with Crippen molar-refractivity contribution < 1.29 is 0 Å². The highest BCUT2D eigenvalue weighted by atomic mass is 35.5. The van der Waals surface area contributed by atoms with Crippen molar-refractivity contribution in [1.29, 1.82) is 0 Å². The molecule has 0 aliphatic heterocycles. The SMILES string of the molecule is Cc1nn(C(C)C)cc1CNc1cnc(Cl)cn1. The van der Waals surface area contributed by atoms with Crippen molar-refractivity contribution in [1.82, 2.24) is 19.7 Å². The van der Waals surface area contributed by atoms with E-state index in [1.165, 1.54) is 6.20 Å². The van der Waals surface area contributed by atoms with Crippen LogP contribution < -0.4 is 5.32 Å². The number of rotatable bonds is 4. The first kappa shape index (κ1) is 12.8. The van der Waals surface area contributed by atoms with Crippen LogP contribution in [0.4, 0.5) is 5.82 Å². The molecule has 2 aromatic heterocycles. The Kier molecular flexibility index (Phi) is 3.81. The lowest BCUT2D eigenvalue weighted by Crippen LogP contribution is -2.02. The van der Waals surface area contributed by atoms with E-state index < -0.39 is 0 Å². The van der Waals surface area contributed by atoms with E-state index in [0.717, 1.165) is 11.3 Å². The first-order valence-electron chi connectivity index (χ1n) is 5.82. The van der Waals surface area contributed by atoms with Crippen LogP contribution in [0, 0.1) is 6.92 Å². The summed E-state index contributed by atoms with van der Waals surface area (Å²) in [6.45, 7) is 6.89. The molecule has 6 heteroatoms. The largest absolute Gasteiger partial charge is 0.365 e.